The van der Waals surface area contributed by atoms with Crippen LogP contribution >= 0.6 is 15.6 Å². The molecule has 18 heteroatoms. The fourth-order valence-electron chi connectivity index (χ4n) is 11.7. The first-order chi connectivity index (χ1) is 55.2. The molecule has 0 aromatic rings. The quantitative estimate of drug-likeness (QED) is 0.0146. The molecule has 0 saturated carbocycles. The maximum Gasteiger partial charge on any atom is 0.472 e. The topological polar surface area (TPSA) is 231 Å². The number of allylic oxidation sites excluding steroid dienone is 28. The van der Waals surface area contributed by atoms with E-state index in [4.69, 9.17) is 32.3 Å². The van der Waals surface area contributed by atoms with Gasteiger partial charge in [0.05, 0.1) is 26.4 Å². The second kappa shape index (κ2) is 86.3. The number of rotatable bonds is 83. The maximum atomic E-state index is 13.0. The number of ether oxygens (including phenoxy) is 3. The smallest absolute Gasteiger partial charge is 0.463 e. The number of carbonyl (C=O) groups is 3. The van der Waals surface area contributed by atoms with E-state index in [-0.39, 0.29) is 19.3 Å². The number of carbonyl (C=O) groups excluding carboxylic acids is 3. The minimum atomic E-state index is -4.95. The lowest BCUT2D eigenvalue weighted by Gasteiger charge is -2.21. The molecule has 0 fully saturated rings. The molecule has 0 amide bonds. The first-order valence-corrected chi connectivity index (χ1v) is 47.4. The van der Waals surface area contributed by atoms with Gasteiger partial charge in [-0.25, -0.2) is 9.13 Å². The Kier molecular flexibility index (Phi) is 82.4. The van der Waals surface area contributed by atoms with Gasteiger partial charge in [0.25, 0.3) is 0 Å². The van der Waals surface area contributed by atoms with Gasteiger partial charge in [0.2, 0.25) is 0 Å². The van der Waals surface area contributed by atoms with Crippen LogP contribution in [-0.2, 0) is 55.8 Å². The molecule has 0 spiro atoms. The second-order valence-electron chi connectivity index (χ2n) is 29.3. The van der Waals surface area contributed by atoms with Crippen LogP contribution in [0.25, 0.3) is 0 Å². The number of phosphoric acid groups is 2. The summed E-state index contributed by atoms with van der Waals surface area (Å²) in [4.78, 5) is 58.8. The Bertz CT molecular complexity index is 2730. The number of esters is 3. The maximum absolute atomic E-state index is 13.0. The fraction of sp³-hybridized carbons (Fsp3) is 0.674. The molecule has 5 unspecified atom stereocenters. The van der Waals surface area contributed by atoms with E-state index in [0.29, 0.717) is 19.3 Å². The Morgan fingerprint density at radius 1 is 0.257 bits per heavy atom. The van der Waals surface area contributed by atoms with E-state index in [1.54, 1.807) is 0 Å². The summed E-state index contributed by atoms with van der Waals surface area (Å²) in [6.07, 6.45) is 111. The number of aliphatic hydroxyl groups excluding tert-OH is 2. The first kappa shape index (κ1) is 108. The Morgan fingerprint density at radius 2 is 0.469 bits per heavy atom. The van der Waals surface area contributed by atoms with Crippen molar-refractivity contribution in [3.05, 3.63) is 170 Å². The summed E-state index contributed by atoms with van der Waals surface area (Å²) in [6, 6.07) is 0. The van der Waals surface area contributed by atoms with E-state index in [1.165, 1.54) is 128 Å². The lowest BCUT2D eigenvalue weighted by Crippen LogP contribution is -2.30. The third kappa shape index (κ3) is 87.6. The van der Waals surface area contributed by atoms with Crippen LogP contribution in [-0.4, -0.2) is 95.9 Å². The van der Waals surface area contributed by atoms with Crippen molar-refractivity contribution in [3.63, 3.8) is 0 Å². The van der Waals surface area contributed by atoms with Crippen LogP contribution in [0.1, 0.15) is 355 Å². The average Bonchev–Trinajstić information content (AvgIpc) is 0.902. The molecule has 0 aliphatic carbocycles. The summed E-state index contributed by atoms with van der Waals surface area (Å²) >= 11 is 0. The molecule has 0 aliphatic rings. The van der Waals surface area contributed by atoms with Gasteiger partial charge in [0, 0.05) is 19.3 Å². The monoisotopic (exact) mass is 1620 g/mol. The Morgan fingerprint density at radius 3 is 0.743 bits per heavy atom. The van der Waals surface area contributed by atoms with Gasteiger partial charge in [-0.2, -0.15) is 0 Å². The van der Waals surface area contributed by atoms with E-state index in [1.807, 2.05) is 0 Å². The highest BCUT2D eigenvalue weighted by Crippen LogP contribution is 2.45. The molecule has 0 bridgehead atoms. The van der Waals surface area contributed by atoms with Gasteiger partial charge in [0.1, 0.15) is 25.4 Å². The first-order valence-electron chi connectivity index (χ1n) is 44.4. The molecule has 16 nitrogen and oxygen atoms in total. The lowest BCUT2D eigenvalue weighted by molar-refractivity contribution is -0.161. The van der Waals surface area contributed by atoms with Gasteiger partial charge in [-0.05, 0) is 154 Å². The number of hydrogen-bond acceptors (Lipinski definition) is 14. The normalized spacial score (nSPS) is 14.6. The largest absolute Gasteiger partial charge is 0.472 e. The predicted octanol–water partition coefficient (Wildman–Crippen LogP) is 27.1. The van der Waals surface area contributed by atoms with Crippen molar-refractivity contribution >= 4 is 33.6 Å². The lowest BCUT2D eigenvalue weighted by atomic mass is 10.0. The Hall–Kier alpha value is -5.09. The number of unbranched alkanes of at least 4 members (excludes halogenated alkanes) is 32. The molecule has 646 valence electrons. The van der Waals surface area contributed by atoms with Gasteiger partial charge in [-0.3, -0.25) is 32.5 Å². The van der Waals surface area contributed by atoms with E-state index in [2.05, 4.69) is 191 Å². The van der Waals surface area contributed by atoms with E-state index < -0.39 is 91.5 Å². The van der Waals surface area contributed by atoms with Gasteiger partial charge in [0.15, 0.2) is 6.10 Å². The Labute approximate surface area is 688 Å². The van der Waals surface area contributed by atoms with E-state index in [9.17, 15) is 43.5 Å². The highest BCUT2D eigenvalue weighted by molar-refractivity contribution is 7.47. The van der Waals surface area contributed by atoms with Crippen molar-refractivity contribution in [1.82, 2.24) is 0 Å². The van der Waals surface area contributed by atoms with Crippen molar-refractivity contribution < 1.29 is 75.8 Å². The standard InChI is InChI=1S/C95H160O16P2/c1-4-7-10-13-16-19-22-25-28-31-33-35-37-39-40-41-42-43-44-45-46-47-48-50-52-53-55-58-60-63-66-69-72-75-78-81-93(98)105-84-90(96)85-107-112(101,102)108-86-91(97)87-109-113(103,104)110-89-92(111-95(100)83-80-77-74-71-68-65-62-57-30-27-24-21-18-15-12-9-6-3)88-106-94(99)82-79-76-73-70-67-64-61-59-56-54-51-49-38-36-34-32-29-26-23-20-17-14-11-8-5-2/h8-9,11-12,16-21,25-30,33-36,39-40,49,51,56,59,62,65,90-92,96-97H,4-7,10,13-15,22-24,31-32,37-38,41-48,50,52-55,57-58,60-61,63-64,66-89H2,1-3H3,(H,101,102)(H,103,104)/b11-8-,12-9-,19-16-,20-17-,21-18-,28-25-,29-26-,30-27-,35-33-,36-34-,40-39-,51-49-,59-56-,65-62-. The zero-order valence-electron chi connectivity index (χ0n) is 71.0. The summed E-state index contributed by atoms with van der Waals surface area (Å²) < 4.78 is 61.3. The molecule has 0 saturated heterocycles. The van der Waals surface area contributed by atoms with Crippen molar-refractivity contribution in [2.24, 2.45) is 0 Å². The van der Waals surface area contributed by atoms with Crippen LogP contribution in [0.3, 0.4) is 0 Å². The second-order valence-corrected chi connectivity index (χ2v) is 32.2. The van der Waals surface area contributed by atoms with Crippen LogP contribution in [0.15, 0.2) is 170 Å². The summed E-state index contributed by atoms with van der Waals surface area (Å²) in [5.74, 6) is -1.62. The highest BCUT2D eigenvalue weighted by Gasteiger charge is 2.29. The molecule has 0 radical (unpaired) electrons. The zero-order valence-corrected chi connectivity index (χ0v) is 72.8. The van der Waals surface area contributed by atoms with Gasteiger partial charge in [-0.1, -0.05) is 351 Å². The highest BCUT2D eigenvalue weighted by atomic mass is 31.2. The van der Waals surface area contributed by atoms with E-state index >= 15 is 0 Å². The average molecular weight is 1620 g/mol. The minimum absolute atomic E-state index is 0.0675. The molecule has 0 heterocycles. The summed E-state index contributed by atoms with van der Waals surface area (Å²) in [5.41, 5.74) is 0. The van der Waals surface area contributed by atoms with Crippen molar-refractivity contribution in [1.29, 1.82) is 0 Å². The zero-order chi connectivity index (χ0) is 82.2. The van der Waals surface area contributed by atoms with Crippen LogP contribution in [0.4, 0.5) is 0 Å². The molecular formula is C95H160O16P2. The van der Waals surface area contributed by atoms with E-state index in [0.717, 1.165) is 167 Å². The van der Waals surface area contributed by atoms with Crippen LogP contribution < -0.4 is 0 Å². The van der Waals surface area contributed by atoms with Gasteiger partial charge >= 0.3 is 33.6 Å². The molecule has 4 N–H and O–H groups in total. The van der Waals surface area contributed by atoms with Crippen molar-refractivity contribution in [3.8, 4) is 0 Å². The molecule has 0 aromatic carbocycles. The molecule has 113 heavy (non-hydrogen) atoms. The van der Waals surface area contributed by atoms with Crippen LogP contribution in [0.5, 0.6) is 0 Å². The third-order valence-corrected chi connectivity index (χ3v) is 20.3. The molecule has 5 atom stereocenters. The number of hydrogen-bond donors (Lipinski definition) is 4. The predicted molar refractivity (Wildman–Crippen MR) is 472 cm³/mol. The fourth-order valence-corrected chi connectivity index (χ4v) is 13.3. The van der Waals surface area contributed by atoms with Crippen molar-refractivity contribution in [2.75, 3.05) is 39.6 Å². The number of aliphatic hydroxyl groups is 2. The third-order valence-electron chi connectivity index (χ3n) is 18.4. The summed E-state index contributed by atoms with van der Waals surface area (Å²) in [5, 5.41) is 20.7. The molecule has 0 aliphatic heterocycles. The molecule has 0 aromatic heterocycles. The Balaban J connectivity index is 4.50. The molecular weight excluding hydrogens is 1460 g/mol. The molecule has 0 rings (SSSR count). The van der Waals surface area contributed by atoms with Crippen molar-refractivity contribution in [2.45, 2.75) is 373 Å². The number of phosphoric ester groups is 2. The van der Waals surface area contributed by atoms with Crippen LogP contribution in [0, 0.1) is 0 Å². The summed E-state index contributed by atoms with van der Waals surface area (Å²) in [7, 11) is -9.82. The SMILES string of the molecule is CC/C=C\C/C=C\C/C=C\C/C=C\C/C=C\C/C=C\CCCCCCCCC(=O)OCC(COP(=O)(O)OCC(O)COP(=O)(O)OCC(O)COC(=O)CCCCCCCCCCCCCCCCCCCCC/C=C\C/C=C\C/C=C\C/C=C\CCCCC)OC(=O)CCCCCC/C=C\C/C=C\C/C=C\C/C=C\CC. The van der Waals surface area contributed by atoms with Gasteiger partial charge in [-0.15, -0.1) is 0 Å². The summed E-state index contributed by atoms with van der Waals surface area (Å²) in [6.45, 7) is 2.40. The van der Waals surface area contributed by atoms with Gasteiger partial charge < -0.3 is 34.2 Å². The van der Waals surface area contributed by atoms with Crippen LogP contribution in [0.2, 0.25) is 0 Å². The minimum Gasteiger partial charge on any atom is -0.463 e.